The van der Waals surface area contributed by atoms with E-state index in [-0.39, 0.29) is 12.4 Å². The van der Waals surface area contributed by atoms with Gasteiger partial charge in [0.25, 0.3) is 0 Å². The van der Waals surface area contributed by atoms with Gasteiger partial charge < -0.3 is 5.73 Å². The summed E-state index contributed by atoms with van der Waals surface area (Å²) in [6.07, 6.45) is 5.64. The molecule has 7 heteroatoms. The van der Waals surface area contributed by atoms with E-state index in [1.54, 1.807) is 18.2 Å². The number of rotatable bonds is 5. The van der Waals surface area contributed by atoms with Crippen LogP contribution in [0, 0.1) is 0 Å². The molecule has 1 aromatic carbocycles. The average Bonchev–Trinajstić information content (AvgIpc) is 2.87. The maximum absolute atomic E-state index is 12.4. The van der Waals surface area contributed by atoms with Gasteiger partial charge in [-0.05, 0) is 37.3 Å². The van der Waals surface area contributed by atoms with Crippen molar-refractivity contribution in [3.05, 3.63) is 24.3 Å². The van der Waals surface area contributed by atoms with Crippen LogP contribution in [0.3, 0.4) is 0 Å². The summed E-state index contributed by atoms with van der Waals surface area (Å²) < 4.78 is 27.7. The highest BCUT2D eigenvalue weighted by Gasteiger charge is 2.36. The topological polar surface area (TPSA) is 72.2 Å². The fourth-order valence-electron chi connectivity index (χ4n) is 2.51. The first-order valence-corrected chi connectivity index (χ1v) is 9.10. The molecule has 0 saturated heterocycles. The lowest BCUT2D eigenvalue weighted by molar-refractivity contribution is 0.399. The molecule has 114 valence electrons. The summed E-state index contributed by atoms with van der Waals surface area (Å²) in [6.45, 7) is 0.356. The molecule has 4 nitrogen and oxygen atoms in total. The second-order valence-corrected chi connectivity index (χ2v) is 7.54. The van der Waals surface area contributed by atoms with Crippen molar-refractivity contribution in [2.75, 3.05) is 12.8 Å². The highest BCUT2D eigenvalue weighted by Crippen LogP contribution is 2.30. The molecule has 0 amide bonds. The number of halogens is 1. The summed E-state index contributed by atoms with van der Waals surface area (Å²) in [6, 6.07) is 7.00. The maximum Gasteiger partial charge on any atom is 0.241 e. The molecule has 20 heavy (non-hydrogen) atoms. The summed E-state index contributed by atoms with van der Waals surface area (Å²) >= 11 is 1.53. The van der Waals surface area contributed by atoms with E-state index in [1.165, 1.54) is 11.8 Å². The molecule has 0 aliphatic heterocycles. The van der Waals surface area contributed by atoms with Gasteiger partial charge in [0.2, 0.25) is 10.0 Å². The second kappa shape index (κ2) is 7.13. The Morgan fingerprint density at radius 1 is 1.35 bits per heavy atom. The van der Waals surface area contributed by atoms with E-state index >= 15 is 0 Å². The zero-order valence-corrected chi connectivity index (χ0v) is 13.9. The minimum absolute atomic E-state index is 0. The van der Waals surface area contributed by atoms with Gasteiger partial charge in [-0.3, -0.25) is 0 Å². The largest absolute Gasteiger partial charge is 0.329 e. The van der Waals surface area contributed by atoms with Crippen molar-refractivity contribution in [3.63, 3.8) is 0 Å². The van der Waals surface area contributed by atoms with Gasteiger partial charge in [-0.1, -0.05) is 18.9 Å². The molecule has 0 atom stereocenters. The number of nitrogens with one attached hydrogen (secondary N) is 1. The van der Waals surface area contributed by atoms with Gasteiger partial charge in [-0.25, -0.2) is 13.1 Å². The molecule has 1 aliphatic rings. The summed E-state index contributed by atoms with van der Waals surface area (Å²) in [5.41, 5.74) is 5.33. The average molecular weight is 337 g/mol. The number of hydrogen-bond donors (Lipinski definition) is 2. The van der Waals surface area contributed by atoms with Crippen molar-refractivity contribution >= 4 is 34.2 Å². The van der Waals surface area contributed by atoms with Crippen LogP contribution in [0.15, 0.2) is 34.1 Å². The van der Waals surface area contributed by atoms with Gasteiger partial charge in [0.15, 0.2) is 0 Å². The normalized spacial score (nSPS) is 17.7. The molecular weight excluding hydrogens is 316 g/mol. The Labute approximate surface area is 131 Å². The summed E-state index contributed by atoms with van der Waals surface area (Å²) in [5.74, 6) is 0. The van der Waals surface area contributed by atoms with Crippen molar-refractivity contribution in [3.8, 4) is 0 Å². The molecule has 0 spiro atoms. The minimum atomic E-state index is -3.49. The Morgan fingerprint density at radius 2 is 2.00 bits per heavy atom. The molecular formula is C13H21ClN2O2S2. The molecule has 3 N–H and O–H groups in total. The predicted octanol–water partition coefficient (Wildman–Crippen LogP) is 2.38. The monoisotopic (exact) mass is 336 g/mol. The van der Waals surface area contributed by atoms with Gasteiger partial charge in [0, 0.05) is 17.0 Å². The van der Waals surface area contributed by atoms with Gasteiger partial charge in [-0.2, -0.15) is 0 Å². The Kier molecular flexibility index (Phi) is 6.34. The highest BCUT2D eigenvalue weighted by molar-refractivity contribution is 7.98. The van der Waals surface area contributed by atoms with Crippen LogP contribution < -0.4 is 10.5 Å². The van der Waals surface area contributed by atoms with Crippen LogP contribution in [0.2, 0.25) is 0 Å². The molecule has 0 unspecified atom stereocenters. The van der Waals surface area contributed by atoms with E-state index in [0.717, 1.165) is 30.6 Å². The SMILES string of the molecule is CSc1cccc(S(=O)(=O)NC2(CN)CCCC2)c1.Cl. The molecule has 1 aromatic rings. The second-order valence-electron chi connectivity index (χ2n) is 4.98. The number of benzene rings is 1. The third-order valence-electron chi connectivity index (χ3n) is 3.65. The van der Waals surface area contributed by atoms with Crippen molar-refractivity contribution < 1.29 is 8.42 Å². The lowest BCUT2D eigenvalue weighted by Gasteiger charge is -2.28. The first kappa shape index (κ1) is 17.8. The van der Waals surface area contributed by atoms with Crippen LogP contribution >= 0.6 is 24.2 Å². The van der Waals surface area contributed by atoms with Gasteiger partial charge in [-0.15, -0.1) is 24.2 Å². The predicted molar refractivity (Wildman–Crippen MR) is 86.0 cm³/mol. The molecule has 0 aromatic heterocycles. The summed E-state index contributed by atoms with van der Waals surface area (Å²) in [5, 5.41) is 0. The van der Waals surface area contributed by atoms with E-state index in [0.29, 0.717) is 11.4 Å². The van der Waals surface area contributed by atoms with Crippen LogP contribution in [0.1, 0.15) is 25.7 Å². The first-order chi connectivity index (χ1) is 9.01. The fraction of sp³-hybridized carbons (Fsp3) is 0.538. The Hall–Kier alpha value is -0.270. The molecule has 1 saturated carbocycles. The van der Waals surface area contributed by atoms with E-state index in [1.807, 2.05) is 12.3 Å². The molecule has 1 aliphatic carbocycles. The Balaban J connectivity index is 0.00000200. The van der Waals surface area contributed by atoms with Gasteiger partial charge >= 0.3 is 0 Å². The van der Waals surface area contributed by atoms with E-state index in [4.69, 9.17) is 5.73 Å². The molecule has 0 heterocycles. The molecule has 1 fully saturated rings. The van der Waals surface area contributed by atoms with E-state index in [2.05, 4.69) is 4.72 Å². The van der Waals surface area contributed by atoms with Crippen LogP contribution in [-0.4, -0.2) is 26.8 Å². The number of thioether (sulfide) groups is 1. The van der Waals surface area contributed by atoms with Crippen LogP contribution in [-0.2, 0) is 10.0 Å². The van der Waals surface area contributed by atoms with Crippen molar-refractivity contribution in [2.45, 2.75) is 41.0 Å². The zero-order valence-electron chi connectivity index (χ0n) is 11.5. The highest BCUT2D eigenvalue weighted by atomic mass is 35.5. The van der Waals surface area contributed by atoms with Crippen molar-refractivity contribution in [2.24, 2.45) is 5.73 Å². The van der Waals surface area contributed by atoms with Crippen LogP contribution in [0.4, 0.5) is 0 Å². The molecule has 0 bridgehead atoms. The Bertz CT molecular complexity index is 543. The van der Waals surface area contributed by atoms with E-state index in [9.17, 15) is 8.42 Å². The third kappa shape index (κ3) is 3.89. The molecule has 0 radical (unpaired) electrons. The smallest absolute Gasteiger partial charge is 0.241 e. The number of nitrogens with two attached hydrogens (primary N) is 1. The lowest BCUT2D eigenvalue weighted by Crippen LogP contribution is -2.51. The molecule has 2 rings (SSSR count). The van der Waals surface area contributed by atoms with E-state index < -0.39 is 15.6 Å². The van der Waals surface area contributed by atoms with Crippen molar-refractivity contribution in [1.29, 1.82) is 0 Å². The standard InChI is InChI=1S/C13H20N2O2S2.ClH/c1-18-11-5-4-6-12(9-11)19(16,17)15-13(10-14)7-2-3-8-13;/h4-6,9,15H,2-3,7-8,10,14H2,1H3;1H. The Morgan fingerprint density at radius 3 is 2.55 bits per heavy atom. The van der Waals surface area contributed by atoms with Crippen LogP contribution in [0.5, 0.6) is 0 Å². The zero-order chi connectivity index (χ0) is 13.9. The van der Waals surface area contributed by atoms with Crippen molar-refractivity contribution in [1.82, 2.24) is 4.72 Å². The lowest BCUT2D eigenvalue weighted by atomic mass is 10.0. The van der Waals surface area contributed by atoms with Gasteiger partial charge in [0.05, 0.1) is 4.90 Å². The summed E-state index contributed by atoms with van der Waals surface area (Å²) in [4.78, 5) is 1.26. The third-order valence-corrected chi connectivity index (χ3v) is 5.96. The number of sulfonamides is 1. The van der Waals surface area contributed by atoms with Gasteiger partial charge in [0.1, 0.15) is 0 Å². The summed E-state index contributed by atoms with van der Waals surface area (Å²) in [7, 11) is -3.49. The van der Waals surface area contributed by atoms with Crippen LogP contribution in [0.25, 0.3) is 0 Å². The first-order valence-electron chi connectivity index (χ1n) is 6.39. The quantitative estimate of drug-likeness (QED) is 0.810. The fourth-order valence-corrected chi connectivity index (χ4v) is 4.56. The number of hydrogen-bond acceptors (Lipinski definition) is 4. The maximum atomic E-state index is 12.4. The minimum Gasteiger partial charge on any atom is -0.329 e.